The van der Waals surface area contributed by atoms with E-state index in [1.807, 2.05) is 31.2 Å². The molecule has 0 amide bonds. The number of nitrogens with zero attached hydrogens (tertiary/aromatic N) is 5. The normalized spacial score (nSPS) is 12.5. The first-order chi connectivity index (χ1) is 17.9. The van der Waals surface area contributed by atoms with Gasteiger partial charge in [0.1, 0.15) is 18.1 Å². The Kier molecular flexibility index (Phi) is 6.96. The van der Waals surface area contributed by atoms with Crippen LogP contribution < -0.4 is 5.56 Å². The average molecular weight is 501 g/mol. The molecule has 0 saturated carbocycles. The Morgan fingerprint density at radius 1 is 1.08 bits per heavy atom. The smallest absolute Gasteiger partial charge is 0.252 e. The lowest BCUT2D eigenvalue weighted by atomic mass is 10.0. The van der Waals surface area contributed by atoms with Gasteiger partial charge in [0.2, 0.25) is 0 Å². The molecule has 3 heterocycles. The minimum absolute atomic E-state index is 0.134. The van der Waals surface area contributed by atoms with Crippen molar-refractivity contribution in [3.63, 3.8) is 0 Å². The first-order valence-corrected chi connectivity index (χ1v) is 12.3. The van der Waals surface area contributed by atoms with E-state index in [0.29, 0.717) is 37.4 Å². The molecule has 0 fully saturated rings. The number of pyridine rings is 1. The summed E-state index contributed by atoms with van der Waals surface area (Å²) in [7, 11) is 0. The third kappa shape index (κ3) is 5.36. The van der Waals surface area contributed by atoms with Crippen LogP contribution >= 0.6 is 0 Å². The van der Waals surface area contributed by atoms with Crippen LogP contribution in [0.3, 0.4) is 0 Å². The summed E-state index contributed by atoms with van der Waals surface area (Å²) in [6, 6.07) is 16.0. The number of hydrogen-bond donors (Lipinski definition) is 1. The van der Waals surface area contributed by atoms with E-state index in [0.717, 1.165) is 33.4 Å². The summed E-state index contributed by atoms with van der Waals surface area (Å²) in [6.07, 6.45) is 2.32. The van der Waals surface area contributed by atoms with Crippen LogP contribution in [0.15, 0.2) is 70.1 Å². The minimum Gasteiger partial charge on any atom is -0.467 e. The maximum Gasteiger partial charge on any atom is 0.252 e. The van der Waals surface area contributed by atoms with E-state index in [1.54, 1.807) is 23.1 Å². The largest absolute Gasteiger partial charge is 0.467 e. The molecule has 37 heavy (non-hydrogen) atoms. The van der Waals surface area contributed by atoms with Crippen LogP contribution in [0.2, 0.25) is 0 Å². The minimum atomic E-state index is -0.290. The fourth-order valence-corrected chi connectivity index (χ4v) is 4.68. The van der Waals surface area contributed by atoms with E-state index in [2.05, 4.69) is 45.3 Å². The van der Waals surface area contributed by atoms with Crippen LogP contribution in [0.5, 0.6) is 0 Å². The molecule has 0 bridgehead atoms. The maximum absolute atomic E-state index is 13.6. The number of benzene rings is 2. The Balaban J connectivity index is 1.53. The lowest BCUT2D eigenvalue weighted by Crippen LogP contribution is -2.32. The van der Waals surface area contributed by atoms with Gasteiger partial charge in [0, 0.05) is 24.2 Å². The molecule has 5 rings (SSSR count). The Morgan fingerprint density at radius 3 is 2.59 bits per heavy atom. The molecule has 0 unspecified atom stereocenters. The molecule has 5 aromatic rings. The molecule has 3 aromatic heterocycles. The zero-order valence-corrected chi connectivity index (χ0v) is 21.1. The summed E-state index contributed by atoms with van der Waals surface area (Å²) < 4.78 is 20.8. The van der Waals surface area contributed by atoms with Crippen LogP contribution in [0.25, 0.3) is 10.9 Å². The van der Waals surface area contributed by atoms with E-state index in [-0.39, 0.29) is 17.4 Å². The van der Waals surface area contributed by atoms with Crippen molar-refractivity contribution in [3.8, 4) is 0 Å². The number of tetrazole rings is 1. The van der Waals surface area contributed by atoms with Gasteiger partial charge in [-0.1, -0.05) is 19.1 Å². The first kappa shape index (κ1) is 24.6. The predicted octanol–water partition coefficient (Wildman–Crippen LogP) is 5.07. The number of nitrogens with one attached hydrogen (secondary N) is 1. The van der Waals surface area contributed by atoms with Gasteiger partial charge in [0.15, 0.2) is 5.82 Å². The third-order valence-electron chi connectivity index (χ3n) is 6.78. The summed E-state index contributed by atoms with van der Waals surface area (Å²) >= 11 is 0. The first-order valence-electron chi connectivity index (χ1n) is 12.3. The molecule has 0 spiro atoms. The van der Waals surface area contributed by atoms with Gasteiger partial charge < -0.3 is 9.40 Å². The lowest BCUT2D eigenvalue weighted by molar-refractivity contribution is 0.161. The van der Waals surface area contributed by atoms with Crippen LogP contribution in [-0.2, 0) is 19.6 Å². The van der Waals surface area contributed by atoms with Crippen LogP contribution in [0.4, 0.5) is 4.39 Å². The molecule has 190 valence electrons. The number of halogens is 1. The quantitative estimate of drug-likeness (QED) is 0.304. The Labute approximate surface area is 213 Å². The van der Waals surface area contributed by atoms with Crippen molar-refractivity contribution in [2.24, 2.45) is 0 Å². The topological polar surface area (TPSA) is 92.8 Å². The highest BCUT2D eigenvalue weighted by atomic mass is 19.1. The molecule has 1 atom stereocenters. The fraction of sp³-hybridized carbons (Fsp3) is 0.286. The van der Waals surface area contributed by atoms with Crippen LogP contribution in [0, 0.1) is 19.7 Å². The van der Waals surface area contributed by atoms with Gasteiger partial charge in [-0.2, -0.15) is 0 Å². The van der Waals surface area contributed by atoms with Crippen molar-refractivity contribution in [1.82, 2.24) is 30.1 Å². The highest BCUT2D eigenvalue weighted by Gasteiger charge is 2.26. The summed E-state index contributed by atoms with van der Waals surface area (Å²) in [5.41, 5.74) is 4.54. The molecule has 0 saturated heterocycles. The highest BCUT2D eigenvalue weighted by Crippen LogP contribution is 2.27. The second kappa shape index (κ2) is 10.5. The molecule has 8 nitrogen and oxygen atoms in total. The zero-order chi connectivity index (χ0) is 25.9. The van der Waals surface area contributed by atoms with E-state index < -0.39 is 0 Å². The standard InChI is InChI=1S/C28H29FN6O2/c1-4-26(27-31-32-33-35(27)17-24-6-5-11-37-24)34(15-20-7-9-23(29)10-8-20)16-22-14-21-12-18(2)19(3)13-25(21)30-28(22)36/h5-14,26H,4,15-17H2,1-3H3,(H,30,36)/t26-/m1/s1. The van der Waals surface area contributed by atoms with Crippen molar-refractivity contribution in [2.45, 2.75) is 52.9 Å². The number of rotatable bonds is 9. The van der Waals surface area contributed by atoms with Crippen molar-refractivity contribution in [1.29, 1.82) is 0 Å². The maximum atomic E-state index is 13.6. The molecule has 9 heteroatoms. The van der Waals surface area contributed by atoms with Crippen LogP contribution in [0.1, 0.15) is 53.2 Å². The number of fused-ring (bicyclic) bond motifs is 1. The molecule has 0 aliphatic rings. The number of hydrogen-bond acceptors (Lipinski definition) is 6. The second-order valence-electron chi connectivity index (χ2n) is 9.38. The molecule has 0 aliphatic heterocycles. The zero-order valence-electron chi connectivity index (χ0n) is 21.1. The van der Waals surface area contributed by atoms with E-state index in [9.17, 15) is 9.18 Å². The van der Waals surface area contributed by atoms with E-state index >= 15 is 0 Å². The molecule has 1 N–H and O–H groups in total. The van der Waals surface area contributed by atoms with Gasteiger partial charge in [0.05, 0.1) is 12.3 Å². The third-order valence-corrected chi connectivity index (χ3v) is 6.78. The molecule has 0 aliphatic carbocycles. The molecular formula is C28H29FN6O2. The number of aromatic nitrogens is 5. The van der Waals surface area contributed by atoms with Crippen LogP contribution in [-0.4, -0.2) is 30.1 Å². The number of furan rings is 1. The van der Waals surface area contributed by atoms with E-state index in [1.165, 1.54) is 12.1 Å². The summed E-state index contributed by atoms with van der Waals surface area (Å²) in [5, 5.41) is 13.5. The Hall–Kier alpha value is -4.11. The Morgan fingerprint density at radius 2 is 1.86 bits per heavy atom. The van der Waals surface area contributed by atoms with Crippen molar-refractivity contribution in [3.05, 3.63) is 111 Å². The van der Waals surface area contributed by atoms with E-state index in [4.69, 9.17) is 4.42 Å². The monoisotopic (exact) mass is 500 g/mol. The van der Waals surface area contributed by atoms with Gasteiger partial charge in [-0.15, -0.1) is 5.10 Å². The van der Waals surface area contributed by atoms with Gasteiger partial charge >= 0.3 is 0 Å². The summed E-state index contributed by atoms with van der Waals surface area (Å²) in [4.78, 5) is 18.4. The average Bonchev–Trinajstić information content (AvgIpc) is 3.56. The number of H-pyrrole nitrogens is 1. The SMILES string of the molecule is CC[C@H](c1nnnn1Cc1ccco1)N(Cc1ccc(F)cc1)Cc1cc2cc(C)c(C)cc2[nH]c1=O. The van der Waals surface area contributed by atoms with Crippen molar-refractivity contribution < 1.29 is 8.81 Å². The predicted molar refractivity (Wildman–Crippen MR) is 138 cm³/mol. The number of aromatic amines is 1. The summed E-state index contributed by atoms with van der Waals surface area (Å²) in [5.74, 6) is 1.12. The van der Waals surface area contributed by atoms with Gasteiger partial charge in [-0.05, 0) is 95.2 Å². The fourth-order valence-electron chi connectivity index (χ4n) is 4.68. The number of aryl methyl sites for hydroxylation is 2. The Bertz CT molecular complexity index is 1560. The molecule has 0 radical (unpaired) electrons. The second-order valence-corrected chi connectivity index (χ2v) is 9.38. The van der Waals surface area contributed by atoms with Crippen molar-refractivity contribution >= 4 is 10.9 Å². The molecular weight excluding hydrogens is 471 g/mol. The van der Waals surface area contributed by atoms with Gasteiger partial charge in [-0.25, -0.2) is 9.07 Å². The van der Waals surface area contributed by atoms with Crippen molar-refractivity contribution in [2.75, 3.05) is 0 Å². The molecule has 2 aromatic carbocycles. The van der Waals surface area contributed by atoms with Gasteiger partial charge in [-0.3, -0.25) is 9.69 Å². The lowest BCUT2D eigenvalue weighted by Gasteiger charge is -2.30. The van der Waals surface area contributed by atoms with Gasteiger partial charge in [0.25, 0.3) is 5.56 Å². The summed E-state index contributed by atoms with van der Waals surface area (Å²) in [6.45, 7) is 7.39. The highest BCUT2D eigenvalue weighted by molar-refractivity contribution is 5.80.